The summed E-state index contributed by atoms with van der Waals surface area (Å²) in [4.78, 5) is 21.2. The average molecular weight is 211 g/mol. The van der Waals surface area contributed by atoms with Crippen LogP contribution in [-0.2, 0) is 9.59 Å². The van der Waals surface area contributed by atoms with E-state index < -0.39 is 0 Å². The van der Waals surface area contributed by atoms with Gasteiger partial charge < -0.3 is 4.79 Å². The highest BCUT2D eigenvalue weighted by molar-refractivity contribution is 5.75. The zero-order chi connectivity index (χ0) is 11.4. The third-order valence-corrected chi connectivity index (χ3v) is 2.16. The third-order valence-electron chi connectivity index (χ3n) is 2.16. The highest BCUT2D eigenvalue weighted by atomic mass is 16.1. The van der Waals surface area contributed by atoms with E-state index in [9.17, 15) is 9.59 Å². The summed E-state index contributed by atoms with van der Waals surface area (Å²) in [5.74, 6) is -0.0180. The topological polar surface area (TPSA) is 48.2 Å². The Bertz CT molecular complexity index is 169. The molecule has 0 fully saturated rings. The molecule has 0 rings (SSSR count). The van der Waals surface area contributed by atoms with E-state index in [1.54, 1.807) is 0 Å². The normalized spacial score (nSPS) is 9.93. The Morgan fingerprint density at radius 2 is 1.93 bits per heavy atom. The highest BCUT2D eigenvalue weighted by Gasteiger charge is 2.01. The molecule has 0 N–H and O–H groups in total. The summed E-state index contributed by atoms with van der Waals surface area (Å²) in [6.45, 7) is 4.40. The predicted molar refractivity (Wildman–Crippen MR) is 60.4 cm³/mol. The van der Waals surface area contributed by atoms with Crippen LogP contribution in [0.25, 0.3) is 0 Å². The second-order valence-electron chi connectivity index (χ2n) is 3.60. The van der Waals surface area contributed by atoms with Crippen LogP contribution in [0.3, 0.4) is 0 Å². The van der Waals surface area contributed by atoms with E-state index in [0.29, 0.717) is 19.4 Å². The van der Waals surface area contributed by atoms with Gasteiger partial charge in [-0.05, 0) is 19.3 Å². The summed E-state index contributed by atoms with van der Waals surface area (Å²) < 4.78 is 0. The SMILES string of the molecule is [CH2]CCCCC[N]C(=O)CCCCC=O. The molecule has 3 heteroatoms. The van der Waals surface area contributed by atoms with Gasteiger partial charge in [-0.1, -0.05) is 26.2 Å². The number of carbonyl (C=O) groups excluding carboxylic acids is 2. The lowest BCUT2D eigenvalue weighted by molar-refractivity contribution is -0.121. The van der Waals surface area contributed by atoms with E-state index in [-0.39, 0.29) is 5.91 Å². The quantitative estimate of drug-likeness (QED) is 0.411. The number of rotatable bonds is 10. The largest absolute Gasteiger partial charge is 0.303 e. The summed E-state index contributed by atoms with van der Waals surface area (Å²) in [6.07, 6.45) is 7.66. The lowest BCUT2D eigenvalue weighted by atomic mass is 10.2. The predicted octanol–water partition coefficient (Wildman–Crippen LogP) is 2.27. The van der Waals surface area contributed by atoms with Crippen LogP contribution in [0.5, 0.6) is 0 Å². The minimum atomic E-state index is -0.0180. The molecule has 0 aliphatic carbocycles. The maximum absolute atomic E-state index is 11.2. The minimum absolute atomic E-state index is 0.0180. The molecular formula is C12H21NO2. The first-order valence-corrected chi connectivity index (χ1v) is 5.74. The van der Waals surface area contributed by atoms with Gasteiger partial charge in [-0.25, -0.2) is 0 Å². The summed E-state index contributed by atoms with van der Waals surface area (Å²) >= 11 is 0. The van der Waals surface area contributed by atoms with Crippen molar-refractivity contribution in [3.05, 3.63) is 6.92 Å². The molecule has 0 aromatic carbocycles. The number of aldehydes is 1. The molecule has 0 unspecified atom stereocenters. The maximum Gasteiger partial charge on any atom is 0.241 e. The second-order valence-corrected chi connectivity index (χ2v) is 3.60. The standard InChI is InChI=1S/C12H21NO2/c1-2-3-4-7-10-13-12(15)9-6-5-8-11-14/h11H,1-10H2. The number of hydrogen-bond acceptors (Lipinski definition) is 2. The van der Waals surface area contributed by atoms with Crippen molar-refractivity contribution >= 4 is 12.2 Å². The smallest absolute Gasteiger partial charge is 0.241 e. The van der Waals surface area contributed by atoms with Gasteiger partial charge in [0.15, 0.2) is 0 Å². The Labute approximate surface area is 92.6 Å². The fourth-order valence-corrected chi connectivity index (χ4v) is 1.25. The van der Waals surface area contributed by atoms with Crippen molar-refractivity contribution in [1.82, 2.24) is 5.32 Å². The first-order valence-electron chi connectivity index (χ1n) is 5.74. The fourth-order valence-electron chi connectivity index (χ4n) is 1.25. The molecule has 2 radical (unpaired) electrons. The molecule has 0 aliphatic heterocycles. The summed E-state index contributed by atoms with van der Waals surface area (Å²) in [5, 5.41) is 3.95. The van der Waals surface area contributed by atoms with Crippen molar-refractivity contribution < 1.29 is 9.59 Å². The summed E-state index contributed by atoms with van der Waals surface area (Å²) in [7, 11) is 0. The van der Waals surface area contributed by atoms with Crippen LogP contribution in [-0.4, -0.2) is 18.7 Å². The first-order chi connectivity index (χ1) is 7.31. The molecule has 0 spiro atoms. The molecule has 15 heavy (non-hydrogen) atoms. The fraction of sp³-hybridized carbons (Fsp3) is 0.750. The van der Waals surface area contributed by atoms with Crippen LogP contribution in [0.4, 0.5) is 0 Å². The third kappa shape index (κ3) is 11.1. The monoisotopic (exact) mass is 211 g/mol. The Morgan fingerprint density at radius 1 is 1.13 bits per heavy atom. The van der Waals surface area contributed by atoms with Crippen molar-refractivity contribution in [2.24, 2.45) is 0 Å². The Balaban J connectivity index is 3.15. The number of hydrogen-bond donors (Lipinski definition) is 0. The average Bonchev–Trinajstić information content (AvgIpc) is 2.24. The lowest BCUT2D eigenvalue weighted by Crippen LogP contribution is -2.16. The second kappa shape index (κ2) is 11.2. The molecule has 0 atom stereocenters. The van der Waals surface area contributed by atoms with Gasteiger partial charge in [0.1, 0.15) is 6.29 Å². The van der Waals surface area contributed by atoms with Gasteiger partial charge in [-0.15, -0.1) is 0 Å². The number of nitrogens with zero attached hydrogens (tertiary/aromatic N) is 1. The number of amides is 1. The Morgan fingerprint density at radius 3 is 2.60 bits per heavy atom. The van der Waals surface area contributed by atoms with Crippen LogP contribution in [0.15, 0.2) is 0 Å². The lowest BCUT2D eigenvalue weighted by Gasteiger charge is -2.01. The van der Waals surface area contributed by atoms with Crippen molar-refractivity contribution in [1.29, 1.82) is 0 Å². The van der Waals surface area contributed by atoms with Gasteiger partial charge in [0.2, 0.25) is 5.91 Å². The molecule has 0 bridgehead atoms. The highest BCUT2D eigenvalue weighted by Crippen LogP contribution is 2.00. The molecule has 0 heterocycles. The summed E-state index contributed by atoms with van der Waals surface area (Å²) in [5.41, 5.74) is 0. The van der Waals surface area contributed by atoms with Crippen molar-refractivity contribution in [3.63, 3.8) is 0 Å². The van der Waals surface area contributed by atoms with Gasteiger partial charge in [0.05, 0.1) is 0 Å². The van der Waals surface area contributed by atoms with Crippen LogP contribution in [0.2, 0.25) is 0 Å². The molecule has 0 saturated carbocycles. The van der Waals surface area contributed by atoms with E-state index in [1.165, 1.54) is 0 Å². The number of unbranched alkanes of at least 4 members (excludes halogenated alkanes) is 5. The first kappa shape index (κ1) is 14.1. The van der Waals surface area contributed by atoms with Gasteiger partial charge in [0.25, 0.3) is 0 Å². The van der Waals surface area contributed by atoms with Gasteiger partial charge in [0, 0.05) is 19.4 Å². The van der Waals surface area contributed by atoms with Crippen LogP contribution in [0.1, 0.15) is 51.4 Å². The van der Waals surface area contributed by atoms with E-state index in [0.717, 1.165) is 44.8 Å². The van der Waals surface area contributed by atoms with Gasteiger partial charge in [-0.3, -0.25) is 10.1 Å². The molecule has 0 aliphatic rings. The van der Waals surface area contributed by atoms with Gasteiger partial charge >= 0.3 is 0 Å². The Hall–Kier alpha value is -0.860. The van der Waals surface area contributed by atoms with E-state index in [1.807, 2.05) is 0 Å². The van der Waals surface area contributed by atoms with Crippen molar-refractivity contribution in [2.75, 3.05) is 6.54 Å². The summed E-state index contributed by atoms with van der Waals surface area (Å²) in [6, 6.07) is 0. The molecular weight excluding hydrogens is 190 g/mol. The molecule has 1 amide bonds. The molecule has 0 saturated heterocycles. The zero-order valence-corrected chi connectivity index (χ0v) is 9.41. The molecule has 0 aromatic heterocycles. The molecule has 3 nitrogen and oxygen atoms in total. The minimum Gasteiger partial charge on any atom is -0.303 e. The molecule has 86 valence electrons. The zero-order valence-electron chi connectivity index (χ0n) is 9.41. The van der Waals surface area contributed by atoms with Crippen molar-refractivity contribution in [3.8, 4) is 0 Å². The Kier molecular flexibility index (Phi) is 10.6. The van der Waals surface area contributed by atoms with Crippen LogP contribution in [0, 0.1) is 6.92 Å². The van der Waals surface area contributed by atoms with E-state index >= 15 is 0 Å². The van der Waals surface area contributed by atoms with E-state index in [4.69, 9.17) is 0 Å². The maximum atomic E-state index is 11.2. The molecule has 0 aromatic rings. The van der Waals surface area contributed by atoms with E-state index in [2.05, 4.69) is 12.2 Å². The van der Waals surface area contributed by atoms with Crippen LogP contribution >= 0.6 is 0 Å². The van der Waals surface area contributed by atoms with Crippen molar-refractivity contribution in [2.45, 2.75) is 51.4 Å². The number of carbonyl (C=O) groups is 2. The van der Waals surface area contributed by atoms with Crippen LogP contribution < -0.4 is 5.32 Å². The van der Waals surface area contributed by atoms with Gasteiger partial charge in [-0.2, -0.15) is 0 Å².